The van der Waals surface area contributed by atoms with Crippen molar-refractivity contribution in [3.8, 4) is 16.9 Å². The molecule has 2 aromatic heterocycles. The van der Waals surface area contributed by atoms with Crippen molar-refractivity contribution in [3.63, 3.8) is 0 Å². The van der Waals surface area contributed by atoms with Crippen LogP contribution in [0.15, 0.2) is 46.6 Å². The Morgan fingerprint density at radius 1 is 1.14 bits per heavy atom. The predicted octanol–water partition coefficient (Wildman–Crippen LogP) is 3.59. The zero-order chi connectivity index (χ0) is 15.1. The van der Waals surface area contributed by atoms with Gasteiger partial charge in [0.05, 0.1) is 11.4 Å². The topological polar surface area (TPSA) is 34.9 Å². The molecule has 0 saturated heterocycles. The Bertz CT molecular complexity index is 896. The fourth-order valence-electron chi connectivity index (χ4n) is 2.86. The number of benzene rings is 1. The van der Waals surface area contributed by atoms with Crippen LogP contribution in [0.25, 0.3) is 16.9 Å². The van der Waals surface area contributed by atoms with Gasteiger partial charge >= 0.3 is 0 Å². The maximum atomic E-state index is 13.1. The number of aromatic nitrogens is 2. The quantitative estimate of drug-likeness (QED) is 0.688. The summed E-state index contributed by atoms with van der Waals surface area (Å²) in [6.07, 6.45) is 2.92. The van der Waals surface area contributed by atoms with Crippen LogP contribution in [0.4, 0.5) is 4.39 Å². The normalized spacial score (nSPS) is 13.3. The second-order valence-electron chi connectivity index (χ2n) is 5.36. The van der Waals surface area contributed by atoms with Gasteiger partial charge in [0.1, 0.15) is 5.82 Å². The second kappa shape index (κ2) is 5.18. The summed E-state index contributed by atoms with van der Waals surface area (Å²) in [5, 5.41) is 6.64. The van der Waals surface area contributed by atoms with Crippen LogP contribution in [0.5, 0.6) is 0 Å². The molecule has 0 atom stereocenters. The highest BCUT2D eigenvalue weighted by Crippen LogP contribution is 2.33. The third kappa shape index (κ3) is 2.18. The molecule has 0 aliphatic heterocycles. The van der Waals surface area contributed by atoms with Crippen molar-refractivity contribution in [3.05, 3.63) is 68.4 Å². The Kier molecular flexibility index (Phi) is 3.15. The van der Waals surface area contributed by atoms with E-state index in [9.17, 15) is 9.18 Å². The summed E-state index contributed by atoms with van der Waals surface area (Å²) in [4.78, 5) is 13.7. The van der Waals surface area contributed by atoms with Crippen molar-refractivity contribution in [2.45, 2.75) is 19.3 Å². The van der Waals surface area contributed by atoms with Crippen molar-refractivity contribution in [2.75, 3.05) is 0 Å². The van der Waals surface area contributed by atoms with Crippen LogP contribution in [0.2, 0.25) is 0 Å². The summed E-state index contributed by atoms with van der Waals surface area (Å²) in [7, 11) is 0. The lowest BCUT2D eigenvalue weighted by molar-refractivity contribution is 0.626. The van der Waals surface area contributed by atoms with E-state index in [4.69, 9.17) is 0 Å². The number of aryl methyl sites for hydroxylation is 2. The summed E-state index contributed by atoms with van der Waals surface area (Å²) in [5.74, 6) is -0.327. The number of thiophene rings is 1. The molecule has 5 heteroatoms. The molecule has 0 N–H and O–H groups in total. The molecular weight excluding hydrogens is 299 g/mol. The number of hydrogen-bond acceptors (Lipinski definition) is 3. The van der Waals surface area contributed by atoms with Gasteiger partial charge in [-0.1, -0.05) is 0 Å². The van der Waals surface area contributed by atoms with Crippen LogP contribution >= 0.6 is 11.3 Å². The average Bonchev–Trinajstić information content (AvgIpc) is 2.91. The largest absolute Gasteiger partial charge is 0.271 e. The number of nitrogens with zero attached hydrogens (tertiary/aromatic N) is 2. The summed E-state index contributed by atoms with van der Waals surface area (Å²) in [6.45, 7) is 0. The molecule has 4 rings (SSSR count). The van der Waals surface area contributed by atoms with Gasteiger partial charge in [-0.3, -0.25) is 4.79 Å². The molecule has 0 fully saturated rings. The number of hydrogen-bond donors (Lipinski definition) is 0. The van der Waals surface area contributed by atoms with Crippen molar-refractivity contribution in [1.29, 1.82) is 0 Å². The minimum absolute atomic E-state index is 0.177. The smallest absolute Gasteiger partial charge is 0.267 e. The van der Waals surface area contributed by atoms with Crippen molar-refractivity contribution < 1.29 is 4.39 Å². The predicted molar refractivity (Wildman–Crippen MR) is 85.1 cm³/mol. The number of fused-ring (bicyclic) bond motifs is 3. The van der Waals surface area contributed by atoms with Gasteiger partial charge in [0.15, 0.2) is 0 Å². The maximum absolute atomic E-state index is 13.1. The Morgan fingerprint density at radius 3 is 2.77 bits per heavy atom. The molecule has 3 aromatic rings. The average molecular weight is 312 g/mol. The lowest BCUT2D eigenvalue weighted by Crippen LogP contribution is -2.22. The molecule has 0 radical (unpaired) electrons. The minimum Gasteiger partial charge on any atom is -0.267 e. The Balaban J connectivity index is 1.94. The Labute approximate surface area is 130 Å². The van der Waals surface area contributed by atoms with Gasteiger partial charge in [-0.25, -0.2) is 4.39 Å². The van der Waals surface area contributed by atoms with Crippen molar-refractivity contribution in [2.24, 2.45) is 0 Å². The molecule has 2 heterocycles. The molecule has 0 unspecified atom stereocenters. The van der Waals surface area contributed by atoms with E-state index in [0.29, 0.717) is 5.69 Å². The zero-order valence-electron chi connectivity index (χ0n) is 11.8. The molecule has 0 spiro atoms. The van der Waals surface area contributed by atoms with Crippen LogP contribution in [0, 0.1) is 5.82 Å². The highest BCUT2D eigenvalue weighted by molar-refractivity contribution is 7.10. The van der Waals surface area contributed by atoms with Crippen LogP contribution in [-0.2, 0) is 12.8 Å². The van der Waals surface area contributed by atoms with E-state index in [1.54, 1.807) is 29.5 Å². The molecule has 22 heavy (non-hydrogen) atoms. The van der Waals surface area contributed by atoms with E-state index in [1.807, 2.05) is 0 Å². The fraction of sp³-hybridized carbons (Fsp3) is 0.176. The maximum Gasteiger partial charge on any atom is 0.271 e. The van der Waals surface area contributed by atoms with Crippen molar-refractivity contribution >= 4 is 11.3 Å². The first-order valence-corrected chi connectivity index (χ1v) is 8.06. The van der Waals surface area contributed by atoms with E-state index in [1.165, 1.54) is 21.7 Å². The highest BCUT2D eigenvalue weighted by atomic mass is 32.1. The third-order valence-electron chi connectivity index (χ3n) is 3.93. The summed E-state index contributed by atoms with van der Waals surface area (Å²) >= 11 is 1.73. The van der Waals surface area contributed by atoms with Crippen molar-refractivity contribution in [1.82, 2.24) is 9.78 Å². The Morgan fingerprint density at radius 2 is 1.95 bits per heavy atom. The number of rotatable bonds is 1. The minimum atomic E-state index is -0.327. The van der Waals surface area contributed by atoms with E-state index in [-0.39, 0.29) is 11.4 Å². The zero-order valence-corrected chi connectivity index (χ0v) is 12.6. The standard InChI is InChI=1S/C17H13FN2OS/c18-12-4-6-13(7-5-12)20-16(21)10-11-2-1-3-15-14(8-9-22-15)17(11)19-20/h4-10H,1-3H2. The van der Waals surface area contributed by atoms with Gasteiger partial charge in [0, 0.05) is 16.5 Å². The first-order chi connectivity index (χ1) is 10.7. The first kappa shape index (κ1) is 13.4. The summed E-state index contributed by atoms with van der Waals surface area (Å²) in [6, 6.07) is 9.55. The molecule has 1 aliphatic carbocycles. The first-order valence-electron chi connectivity index (χ1n) is 7.18. The van der Waals surface area contributed by atoms with Crippen LogP contribution in [0.3, 0.4) is 0 Å². The molecule has 3 nitrogen and oxygen atoms in total. The van der Waals surface area contributed by atoms with E-state index >= 15 is 0 Å². The van der Waals surface area contributed by atoms with E-state index < -0.39 is 0 Å². The molecule has 0 saturated carbocycles. The highest BCUT2D eigenvalue weighted by Gasteiger charge is 2.19. The molecule has 0 bridgehead atoms. The van der Waals surface area contributed by atoms with Crippen LogP contribution < -0.4 is 5.56 Å². The molecule has 1 aliphatic rings. The molecule has 0 amide bonds. The van der Waals surface area contributed by atoms with Gasteiger partial charge in [0.2, 0.25) is 0 Å². The lowest BCUT2D eigenvalue weighted by atomic mass is 10.1. The molecular formula is C17H13FN2OS. The lowest BCUT2D eigenvalue weighted by Gasteiger charge is -2.10. The SMILES string of the molecule is O=c1cc2c(nn1-c1ccc(F)cc1)-c1ccsc1CCC2. The van der Waals surface area contributed by atoms with Gasteiger partial charge < -0.3 is 0 Å². The summed E-state index contributed by atoms with van der Waals surface area (Å²) < 4.78 is 14.4. The Hall–Kier alpha value is -2.27. The van der Waals surface area contributed by atoms with Crippen LogP contribution in [-0.4, -0.2) is 9.78 Å². The van der Waals surface area contributed by atoms with Gasteiger partial charge in [-0.2, -0.15) is 9.78 Å². The van der Waals surface area contributed by atoms with E-state index in [2.05, 4.69) is 16.5 Å². The summed E-state index contributed by atoms with van der Waals surface area (Å²) in [5.41, 5.74) is 3.39. The van der Waals surface area contributed by atoms with Crippen LogP contribution in [0.1, 0.15) is 16.9 Å². The van der Waals surface area contributed by atoms with E-state index in [0.717, 1.165) is 36.1 Å². The van der Waals surface area contributed by atoms with Gasteiger partial charge in [-0.15, -0.1) is 11.3 Å². The fourth-order valence-corrected chi connectivity index (χ4v) is 3.78. The molecule has 1 aromatic carbocycles. The van der Waals surface area contributed by atoms with Gasteiger partial charge in [0.25, 0.3) is 5.56 Å². The van der Waals surface area contributed by atoms with Gasteiger partial charge in [-0.05, 0) is 60.5 Å². The number of halogens is 1. The third-order valence-corrected chi connectivity index (χ3v) is 4.91. The second-order valence-corrected chi connectivity index (χ2v) is 6.36. The molecule has 110 valence electrons. The monoisotopic (exact) mass is 312 g/mol.